The minimum Gasteiger partial charge on any atom is -0.393 e. The molecule has 6 heteroatoms. The number of rotatable bonds is 2. The molecule has 0 atom stereocenters. The third-order valence-corrected chi connectivity index (χ3v) is 4.93. The first-order valence-electron chi connectivity index (χ1n) is 7.95. The molecule has 3 heterocycles. The Hall–Kier alpha value is -1.17. The molecule has 1 aromatic rings. The molecule has 0 saturated carbocycles. The van der Waals surface area contributed by atoms with E-state index in [9.17, 15) is 9.90 Å². The molecule has 2 fully saturated rings. The van der Waals surface area contributed by atoms with Crippen molar-refractivity contribution in [3.63, 3.8) is 0 Å². The molecule has 0 aliphatic carbocycles. The average Bonchev–Trinajstić information content (AvgIpc) is 2.55. The highest BCUT2D eigenvalue weighted by atomic mass is 35.5. The number of hydrogen-bond donors (Lipinski definition) is 1. The van der Waals surface area contributed by atoms with Gasteiger partial charge in [-0.05, 0) is 31.7 Å². The molecule has 0 aromatic carbocycles. The first-order chi connectivity index (χ1) is 10.6. The van der Waals surface area contributed by atoms with E-state index in [0.717, 1.165) is 51.9 Å². The predicted molar refractivity (Wildman–Crippen MR) is 85.0 cm³/mol. The number of carbonyl (C=O) groups is 1. The maximum Gasteiger partial charge on any atom is 0.255 e. The van der Waals surface area contributed by atoms with E-state index < -0.39 is 0 Å². The summed E-state index contributed by atoms with van der Waals surface area (Å²) in [6.07, 6.45) is 6.71. The lowest BCUT2D eigenvalue weighted by Crippen LogP contribution is -2.49. The zero-order valence-electron chi connectivity index (χ0n) is 12.6. The summed E-state index contributed by atoms with van der Waals surface area (Å²) < 4.78 is 0. The van der Waals surface area contributed by atoms with Crippen LogP contribution in [0.15, 0.2) is 18.5 Å². The number of aromatic nitrogens is 1. The Morgan fingerprint density at radius 1 is 1.14 bits per heavy atom. The van der Waals surface area contributed by atoms with Gasteiger partial charge < -0.3 is 14.9 Å². The Morgan fingerprint density at radius 2 is 1.82 bits per heavy atom. The zero-order valence-corrected chi connectivity index (χ0v) is 13.4. The minimum atomic E-state index is -0.131. The number of halogens is 1. The van der Waals surface area contributed by atoms with Crippen LogP contribution in [-0.4, -0.2) is 64.1 Å². The number of pyridine rings is 1. The SMILES string of the molecule is O=C(c1cncc(Cl)c1)N1CCC(N2CCC(O)CC2)CC1. The molecule has 1 amide bonds. The number of amides is 1. The molecule has 1 N–H and O–H groups in total. The zero-order chi connectivity index (χ0) is 15.5. The molecule has 2 aliphatic heterocycles. The molecular formula is C16H22ClN3O2. The number of aliphatic hydroxyl groups is 1. The van der Waals surface area contributed by atoms with Crippen molar-refractivity contribution in [2.24, 2.45) is 0 Å². The second kappa shape index (κ2) is 6.94. The van der Waals surface area contributed by atoms with Crippen LogP contribution < -0.4 is 0 Å². The topological polar surface area (TPSA) is 56.7 Å². The Morgan fingerprint density at radius 3 is 2.45 bits per heavy atom. The summed E-state index contributed by atoms with van der Waals surface area (Å²) in [7, 11) is 0. The Labute approximate surface area is 135 Å². The number of piperidine rings is 2. The van der Waals surface area contributed by atoms with Crippen LogP contribution in [0.3, 0.4) is 0 Å². The maximum atomic E-state index is 12.5. The van der Waals surface area contributed by atoms with Gasteiger partial charge in [0.2, 0.25) is 0 Å². The summed E-state index contributed by atoms with van der Waals surface area (Å²) in [6.45, 7) is 3.49. The van der Waals surface area contributed by atoms with Crippen molar-refractivity contribution in [2.75, 3.05) is 26.2 Å². The van der Waals surface area contributed by atoms with Gasteiger partial charge in [-0.3, -0.25) is 9.78 Å². The fourth-order valence-corrected chi connectivity index (χ4v) is 3.57. The Bertz CT molecular complexity index is 524. The van der Waals surface area contributed by atoms with Gasteiger partial charge in [0.1, 0.15) is 0 Å². The quantitative estimate of drug-likeness (QED) is 0.901. The van der Waals surface area contributed by atoms with E-state index in [2.05, 4.69) is 9.88 Å². The van der Waals surface area contributed by atoms with Crippen LogP contribution in [-0.2, 0) is 0 Å². The third-order valence-electron chi connectivity index (χ3n) is 4.72. The van der Waals surface area contributed by atoms with Gasteiger partial charge in [-0.2, -0.15) is 0 Å². The van der Waals surface area contributed by atoms with Crippen molar-refractivity contribution in [1.82, 2.24) is 14.8 Å². The van der Waals surface area contributed by atoms with Crippen LogP contribution in [0.4, 0.5) is 0 Å². The van der Waals surface area contributed by atoms with Crippen molar-refractivity contribution in [1.29, 1.82) is 0 Å². The number of likely N-dealkylation sites (tertiary alicyclic amines) is 2. The van der Waals surface area contributed by atoms with Crippen LogP contribution in [0.1, 0.15) is 36.0 Å². The largest absolute Gasteiger partial charge is 0.393 e. The molecule has 2 aliphatic rings. The number of carbonyl (C=O) groups excluding carboxylic acids is 1. The highest BCUT2D eigenvalue weighted by molar-refractivity contribution is 6.30. The molecular weight excluding hydrogens is 302 g/mol. The fraction of sp³-hybridized carbons (Fsp3) is 0.625. The first kappa shape index (κ1) is 15.7. The molecule has 22 heavy (non-hydrogen) atoms. The van der Waals surface area contributed by atoms with Crippen molar-refractivity contribution in [3.8, 4) is 0 Å². The van der Waals surface area contributed by atoms with Gasteiger partial charge in [-0.1, -0.05) is 11.6 Å². The van der Waals surface area contributed by atoms with E-state index in [-0.39, 0.29) is 12.0 Å². The summed E-state index contributed by atoms with van der Waals surface area (Å²) in [6, 6.07) is 2.21. The van der Waals surface area contributed by atoms with Gasteiger partial charge >= 0.3 is 0 Å². The second-order valence-electron chi connectivity index (χ2n) is 6.18. The van der Waals surface area contributed by atoms with Gasteiger partial charge in [0.05, 0.1) is 16.7 Å². The standard InChI is InChI=1S/C16H22ClN3O2/c17-13-9-12(10-18-11-13)16(22)20-5-1-14(2-6-20)19-7-3-15(21)4-8-19/h9-11,14-15,21H,1-8H2. The number of hydrogen-bond acceptors (Lipinski definition) is 4. The van der Waals surface area contributed by atoms with Crippen molar-refractivity contribution in [2.45, 2.75) is 37.8 Å². The average molecular weight is 324 g/mol. The lowest BCUT2D eigenvalue weighted by atomic mass is 9.98. The molecule has 1 aromatic heterocycles. The van der Waals surface area contributed by atoms with Crippen LogP contribution in [0.25, 0.3) is 0 Å². The van der Waals surface area contributed by atoms with E-state index >= 15 is 0 Å². The summed E-state index contributed by atoms with van der Waals surface area (Å²) in [5.41, 5.74) is 0.562. The number of nitrogens with zero attached hydrogens (tertiary/aromatic N) is 3. The number of aliphatic hydroxyl groups excluding tert-OH is 1. The van der Waals surface area contributed by atoms with Crippen molar-refractivity contribution >= 4 is 17.5 Å². The molecule has 120 valence electrons. The van der Waals surface area contributed by atoms with Crippen LogP contribution in [0.2, 0.25) is 5.02 Å². The van der Waals surface area contributed by atoms with Crippen LogP contribution in [0.5, 0.6) is 0 Å². The minimum absolute atomic E-state index is 0.0162. The van der Waals surface area contributed by atoms with Gasteiger partial charge in [0, 0.05) is 44.6 Å². The van der Waals surface area contributed by atoms with E-state index in [1.54, 1.807) is 12.3 Å². The molecule has 0 bridgehead atoms. The lowest BCUT2D eigenvalue weighted by molar-refractivity contribution is 0.0357. The van der Waals surface area contributed by atoms with E-state index in [1.165, 1.54) is 6.20 Å². The Kier molecular flexibility index (Phi) is 4.96. The monoisotopic (exact) mass is 323 g/mol. The normalized spacial score (nSPS) is 22.0. The third kappa shape index (κ3) is 3.59. The molecule has 0 radical (unpaired) electrons. The first-order valence-corrected chi connectivity index (χ1v) is 8.33. The molecule has 5 nitrogen and oxygen atoms in total. The van der Waals surface area contributed by atoms with Gasteiger partial charge in [0.15, 0.2) is 0 Å². The molecule has 0 spiro atoms. The predicted octanol–water partition coefficient (Wildman–Crippen LogP) is 1.80. The van der Waals surface area contributed by atoms with Crippen LogP contribution in [0, 0.1) is 0 Å². The van der Waals surface area contributed by atoms with E-state index in [1.807, 2.05) is 4.90 Å². The van der Waals surface area contributed by atoms with Crippen LogP contribution >= 0.6 is 11.6 Å². The lowest BCUT2D eigenvalue weighted by Gasteiger charge is -2.41. The van der Waals surface area contributed by atoms with E-state index in [0.29, 0.717) is 16.6 Å². The van der Waals surface area contributed by atoms with Gasteiger partial charge in [-0.25, -0.2) is 0 Å². The molecule has 2 saturated heterocycles. The molecule has 0 unspecified atom stereocenters. The summed E-state index contributed by atoms with van der Waals surface area (Å²) in [5, 5.41) is 10.1. The van der Waals surface area contributed by atoms with Gasteiger partial charge in [-0.15, -0.1) is 0 Å². The Balaban J connectivity index is 1.54. The fourth-order valence-electron chi connectivity index (χ4n) is 3.40. The summed E-state index contributed by atoms with van der Waals surface area (Å²) in [5.74, 6) is 0.0162. The van der Waals surface area contributed by atoms with Crippen molar-refractivity contribution < 1.29 is 9.90 Å². The second-order valence-corrected chi connectivity index (χ2v) is 6.62. The van der Waals surface area contributed by atoms with E-state index in [4.69, 9.17) is 11.6 Å². The highest BCUT2D eigenvalue weighted by Gasteiger charge is 2.29. The van der Waals surface area contributed by atoms with Crippen molar-refractivity contribution in [3.05, 3.63) is 29.0 Å². The maximum absolute atomic E-state index is 12.5. The smallest absolute Gasteiger partial charge is 0.255 e. The summed E-state index contributed by atoms with van der Waals surface area (Å²) in [4.78, 5) is 20.8. The highest BCUT2D eigenvalue weighted by Crippen LogP contribution is 2.22. The summed E-state index contributed by atoms with van der Waals surface area (Å²) >= 11 is 5.90. The molecule has 3 rings (SSSR count). The van der Waals surface area contributed by atoms with Gasteiger partial charge in [0.25, 0.3) is 5.91 Å².